The van der Waals surface area contributed by atoms with Crippen molar-refractivity contribution in [2.75, 3.05) is 26.7 Å². The topological polar surface area (TPSA) is 42.5 Å². The Labute approximate surface area is 149 Å². The fourth-order valence-corrected chi connectivity index (χ4v) is 2.53. The third kappa shape index (κ3) is 6.03. The van der Waals surface area contributed by atoms with E-state index in [1.165, 1.54) is 6.07 Å². The van der Waals surface area contributed by atoms with E-state index in [0.717, 1.165) is 31.6 Å². The summed E-state index contributed by atoms with van der Waals surface area (Å²) in [7, 11) is 1.61. The Hall–Kier alpha value is -2.11. The molecule has 2 N–H and O–H groups in total. The van der Waals surface area contributed by atoms with Crippen LogP contribution < -0.4 is 20.1 Å². The van der Waals surface area contributed by atoms with Crippen LogP contribution >= 0.6 is 0 Å². The van der Waals surface area contributed by atoms with E-state index in [-0.39, 0.29) is 12.4 Å². The summed E-state index contributed by atoms with van der Waals surface area (Å²) in [5, 5.41) is 6.71. The van der Waals surface area contributed by atoms with Crippen molar-refractivity contribution in [2.24, 2.45) is 0 Å². The normalized spacial score (nSPS) is 10.7. The SMILES string of the molecule is CCNCCCNCc1cccc(OC)c1OCc1ccccc1F. The molecule has 4 nitrogen and oxygen atoms in total. The standard InChI is InChI=1S/C20H27FN2O2/c1-3-22-12-7-13-23-14-16-9-6-11-19(24-2)20(16)25-15-17-8-4-5-10-18(17)21/h4-6,8-11,22-23H,3,7,12-15H2,1-2H3. The van der Waals surface area contributed by atoms with Crippen LogP contribution in [0, 0.1) is 5.82 Å². The second-order valence-corrected chi connectivity index (χ2v) is 5.71. The second-order valence-electron chi connectivity index (χ2n) is 5.71. The number of halogens is 1. The lowest BCUT2D eigenvalue weighted by Crippen LogP contribution is -2.21. The van der Waals surface area contributed by atoms with Crippen molar-refractivity contribution in [3.8, 4) is 11.5 Å². The van der Waals surface area contributed by atoms with E-state index in [2.05, 4.69) is 17.6 Å². The lowest BCUT2D eigenvalue weighted by atomic mass is 10.1. The number of hydrogen-bond donors (Lipinski definition) is 2. The fraction of sp³-hybridized carbons (Fsp3) is 0.400. The average Bonchev–Trinajstić information content (AvgIpc) is 2.64. The highest BCUT2D eigenvalue weighted by Gasteiger charge is 2.11. The Morgan fingerprint density at radius 1 is 0.960 bits per heavy atom. The summed E-state index contributed by atoms with van der Waals surface area (Å²) in [6.07, 6.45) is 1.06. The van der Waals surface area contributed by atoms with Gasteiger partial charge in [-0.3, -0.25) is 0 Å². The predicted molar refractivity (Wildman–Crippen MR) is 98.6 cm³/mol. The zero-order valence-electron chi connectivity index (χ0n) is 15.0. The van der Waals surface area contributed by atoms with Crippen LogP contribution in [0.5, 0.6) is 11.5 Å². The maximum absolute atomic E-state index is 13.8. The zero-order chi connectivity index (χ0) is 17.9. The first-order valence-electron chi connectivity index (χ1n) is 8.69. The molecule has 0 heterocycles. The first-order chi connectivity index (χ1) is 12.3. The monoisotopic (exact) mass is 346 g/mol. The molecule has 5 heteroatoms. The van der Waals surface area contributed by atoms with Gasteiger partial charge in [0, 0.05) is 17.7 Å². The summed E-state index contributed by atoms with van der Waals surface area (Å²) in [5.74, 6) is 1.05. The van der Waals surface area contributed by atoms with Crippen LogP contribution in [0.1, 0.15) is 24.5 Å². The van der Waals surface area contributed by atoms with E-state index in [4.69, 9.17) is 9.47 Å². The van der Waals surface area contributed by atoms with Gasteiger partial charge >= 0.3 is 0 Å². The van der Waals surface area contributed by atoms with Gasteiger partial charge in [-0.2, -0.15) is 0 Å². The Morgan fingerprint density at radius 3 is 2.48 bits per heavy atom. The van der Waals surface area contributed by atoms with Crippen LogP contribution in [0.3, 0.4) is 0 Å². The van der Waals surface area contributed by atoms with Crippen LogP contribution in [0.25, 0.3) is 0 Å². The molecule has 25 heavy (non-hydrogen) atoms. The molecule has 0 aliphatic carbocycles. The first-order valence-corrected chi connectivity index (χ1v) is 8.69. The molecule has 0 aliphatic rings. The second kappa shape index (κ2) is 10.7. The van der Waals surface area contributed by atoms with Gasteiger partial charge in [0.15, 0.2) is 11.5 Å². The van der Waals surface area contributed by atoms with Crippen LogP contribution in [-0.2, 0) is 13.2 Å². The predicted octanol–water partition coefficient (Wildman–Crippen LogP) is 3.50. The summed E-state index contributed by atoms with van der Waals surface area (Å²) < 4.78 is 25.1. The van der Waals surface area contributed by atoms with Gasteiger partial charge in [0.25, 0.3) is 0 Å². The highest BCUT2D eigenvalue weighted by Crippen LogP contribution is 2.32. The molecule has 0 aromatic heterocycles. The minimum atomic E-state index is -0.263. The van der Waals surface area contributed by atoms with Gasteiger partial charge in [0.05, 0.1) is 7.11 Å². The summed E-state index contributed by atoms with van der Waals surface area (Å²) in [5.41, 5.74) is 1.53. The van der Waals surface area contributed by atoms with Crippen molar-refractivity contribution in [2.45, 2.75) is 26.5 Å². The van der Waals surface area contributed by atoms with Crippen molar-refractivity contribution in [3.05, 3.63) is 59.4 Å². The molecule has 0 atom stereocenters. The minimum Gasteiger partial charge on any atom is -0.493 e. The zero-order valence-corrected chi connectivity index (χ0v) is 15.0. The van der Waals surface area contributed by atoms with E-state index < -0.39 is 0 Å². The lowest BCUT2D eigenvalue weighted by molar-refractivity contribution is 0.276. The number of benzene rings is 2. The van der Waals surface area contributed by atoms with Gasteiger partial charge in [-0.1, -0.05) is 37.3 Å². The van der Waals surface area contributed by atoms with Crippen molar-refractivity contribution < 1.29 is 13.9 Å². The van der Waals surface area contributed by atoms with Crippen LogP contribution in [0.15, 0.2) is 42.5 Å². The molecule has 0 spiro atoms. The van der Waals surface area contributed by atoms with Crippen LogP contribution in [0.2, 0.25) is 0 Å². The molecule has 0 bridgehead atoms. The Balaban J connectivity index is 1.98. The van der Waals surface area contributed by atoms with Gasteiger partial charge in [0.2, 0.25) is 0 Å². The summed E-state index contributed by atoms with van der Waals surface area (Å²) in [6, 6.07) is 12.4. The maximum atomic E-state index is 13.8. The first kappa shape index (κ1) is 19.2. The van der Waals surface area contributed by atoms with Crippen molar-refractivity contribution in [3.63, 3.8) is 0 Å². The van der Waals surface area contributed by atoms with Crippen LogP contribution in [-0.4, -0.2) is 26.7 Å². The van der Waals surface area contributed by atoms with Crippen LogP contribution in [0.4, 0.5) is 4.39 Å². The van der Waals surface area contributed by atoms with Gasteiger partial charge in [-0.05, 0) is 38.2 Å². The molecular weight excluding hydrogens is 319 g/mol. The number of methoxy groups -OCH3 is 1. The molecular formula is C20H27FN2O2. The summed E-state index contributed by atoms with van der Waals surface area (Å²) in [4.78, 5) is 0. The summed E-state index contributed by atoms with van der Waals surface area (Å²) in [6.45, 7) is 5.85. The number of rotatable bonds is 11. The third-order valence-corrected chi connectivity index (χ3v) is 3.88. The molecule has 0 saturated heterocycles. The molecule has 0 amide bonds. The molecule has 2 rings (SSSR count). The summed E-state index contributed by atoms with van der Waals surface area (Å²) >= 11 is 0. The Morgan fingerprint density at radius 2 is 1.72 bits per heavy atom. The van der Waals surface area contributed by atoms with Crippen molar-refractivity contribution in [1.82, 2.24) is 10.6 Å². The van der Waals surface area contributed by atoms with Gasteiger partial charge in [0.1, 0.15) is 12.4 Å². The van der Waals surface area contributed by atoms with Gasteiger partial charge in [-0.25, -0.2) is 4.39 Å². The van der Waals surface area contributed by atoms with E-state index in [9.17, 15) is 4.39 Å². The van der Waals surface area contributed by atoms with E-state index in [1.54, 1.807) is 25.3 Å². The molecule has 0 unspecified atom stereocenters. The lowest BCUT2D eigenvalue weighted by Gasteiger charge is -2.16. The highest BCUT2D eigenvalue weighted by atomic mass is 19.1. The van der Waals surface area contributed by atoms with E-state index >= 15 is 0 Å². The highest BCUT2D eigenvalue weighted by molar-refractivity contribution is 5.46. The van der Waals surface area contributed by atoms with E-state index in [1.807, 2.05) is 18.2 Å². The molecule has 0 radical (unpaired) electrons. The fourth-order valence-electron chi connectivity index (χ4n) is 2.53. The molecule has 2 aromatic rings. The molecule has 2 aromatic carbocycles. The number of nitrogens with one attached hydrogen (secondary N) is 2. The Bertz CT molecular complexity index is 649. The molecule has 0 aliphatic heterocycles. The Kier molecular flexibility index (Phi) is 8.22. The van der Waals surface area contributed by atoms with Crippen molar-refractivity contribution >= 4 is 0 Å². The molecule has 0 saturated carbocycles. The number of ether oxygens (including phenoxy) is 2. The third-order valence-electron chi connectivity index (χ3n) is 3.88. The van der Waals surface area contributed by atoms with Gasteiger partial charge < -0.3 is 20.1 Å². The largest absolute Gasteiger partial charge is 0.493 e. The smallest absolute Gasteiger partial charge is 0.166 e. The number of para-hydroxylation sites is 1. The number of hydrogen-bond acceptors (Lipinski definition) is 4. The van der Waals surface area contributed by atoms with Gasteiger partial charge in [-0.15, -0.1) is 0 Å². The van der Waals surface area contributed by atoms with Crippen molar-refractivity contribution in [1.29, 1.82) is 0 Å². The van der Waals surface area contributed by atoms with E-state index in [0.29, 0.717) is 23.6 Å². The average molecular weight is 346 g/mol. The molecule has 0 fully saturated rings. The maximum Gasteiger partial charge on any atom is 0.166 e. The quantitative estimate of drug-likeness (QED) is 0.611. The minimum absolute atomic E-state index is 0.167. The molecule has 136 valence electrons.